The van der Waals surface area contributed by atoms with Gasteiger partial charge in [0.15, 0.2) is 0 Å². The number of esters is 1. The molecule has 0 saturated carbocycles. The monoisotopic (exact) mass is 344 g/mol. The standard InChI is InChI=1S/C17H16N2O4S/c1-4-22-17(21)14-10(2)11(3)24-16(14)19-15(20)12(9-18)8-13-6-5-7-23-13/h5-8H,4H2,1-3H3,(H,19,20). The molecule has 0 bridgehead atoms. The molecule has 1 N–H and O–H groups in total. The SMILES string of the molecule is CCOC(=O)c1c(NC(=O)C(C#N)=Cc2ccco2)sc(C)c1C. The molecule has 0 aromatic carbocycles. The third-order valence-electron chi connectivity index (χ3n) is 3.29. The Balaban J connectivity index is 2.30. The molecule has 0 aliphatic carbocycles. The average Bonchev–Trinajstić information content (AvgIpc) is 3.14. The number of hydrogen-bond acceptors (Lipinski definition) is 6. The second-order valence-corrected chi connectivity index (χ2v) is 6.07. The second kappa shape index (κ2) is 7.62. The fourth-order valence-corrected chi connectivity index (χ4v) is 3.04. The molecule has 0 fully saturated rings. The van der Waals surface area contributed by atoms with Gasteiger partial charge in [0, 0.05) is 11.0 Å². The molecule has 2 aromatic heterocycles. The van der Waals surface area contributed by atoms with Crippen molar-refractivity contribution in [2.24, 2.45) is 0 Å². The fourth-order valence-electron chi connectivity index (χ4n) is 2.00. The van der Waals surface area contributed by atoms with Crippen LogP contribution in [0.4, 0.5) is 5.00 Å². The molecular formula is C17H16N2O4S. The number of carbonyl (C=O) groups excluding carboxylic acids is 2. The van der Waals surface area contributed by atoms with E-state index in [4.69, 9.17) is 9.15 Å². The number of amides is 1. The molecule has 7 heteroatoms. The molecule has 0 spiro atoms. The highest BCUT2D eigenvalue weighted by Crippen LogP contribution is 2.33. The lowest BCUT2D eigenvalue weighted by Gasteiger charge is -2.06. The number of hydrogen-bond donors (Lipinski definition) is 1. The highest BCUT2D eigenvalue weighted by Gasteiger charge is 2.23. The maximum absolute atomic E-state index is 12.3. The van der Waals surface area contributed by atoms with Crippen LogP contribution in [0.5, 0.6) is 0 Å². The van der Waals surface area contributed by atoms with Gasteiger partial charge < -0.3 is 14.5 Å². The summed E-state index contributed by atoms with van der Waals surface area (Å²) in [6.45, 7) is 5.59. The normalized spacial score (nSPS) is 11.0. The number of nitrogens with zero attached hydrogens (tertiary/aromatic N) is 1. The van der Waals surface area contributed by atoms with Gasteiger partial charge in [-0.25, -0.2) is 4.79 Å². The zero-order valence-corrected chi connectivity index (χ0v) is 14.3. The van der Waals surface area contributed by atoms with Gasteiger partial charge in [-0.15, -0.1) is 11.3 Å². The number of anilines is 1. The number of thiophene rings is 1. The number of furan rings is 1. The number of ether oxygens (including phenoxy) is 1. The lowest BCUT2D eigenvalue weighted by Crippen LogP contribution is -2.16. The Morgan fingerprint density at radius 2 is 2.21 bits per heavy atom. The van der Waals surface area contributed by atoms with Crippen molar-refractivity contribution >= 4 is 34.3 Å². The Kier molecular flexibility index (Phi) is 5.55. The number of nitriles is 1. The van der Waals surface area contributed by atoms with E-state index in [1.165, 1.54) is 23.7 Å². The van der Waals surface area contributed by atoms with Gasteiger partial charge in [0.25, 0.3) is 5.91 Å². The first-order valence-corrected chi connectivity index (χ1v) is 8.03. The smallest absolute Gasteiger partial charge is 0.341 e. The van der Waals surface area contributed by atoms with Crippen LogP contribution in [0.2, 0.25) is 0 Å². The molecule has 0 unspecified atom stereocenters. The highest BCUT2D eigenvalue weighted by molar-refractivity contribution is 7.16. The van der Waals surface area contributed by atoms with Crippen LogP contribution >= 0.6 is 11.3 Å². The van der Waals surface area contributed by atoms with Crippen LogP contribution < -0.4 is 5.32 Å². The molecule has 0 atom stereocenters. The van der Waals surface area contributed by atoms with Crippen molar-refractivity contribution in [2.45, 2.75) is 20.8 Å². The molecule has 1 amide bonds. The Hall–Kier alpha value is -2.85. The predicted octanol–water partition coefficient (Wildman–Crippen LogP) is 3.68. The van der Waals surface area contributed by atoms with Crippen LogP contribution in [0.1, 0.15) is 33.5 Å². The number of rotatable bonds is 5. The van der Waals surface area contributed by atoms with E-state index in [0.717, 1.165) is 10.4 Å². The van der Waals surface area contributed by atoms with Crippen molar-refractivity contribution in [1.29, 1.82) is 5.26 Å². The number of carbonyl (C=O) groups is 2. The highest BCUT2D eigenvalue weighted by atomic mass is 32.1. The minimum absolute atomic E-state index is 0.122. The third-order valence-corrected chi connectivity index (χ3v) is 4.41. The van der Waals surface area contributed by atoms with Gasteiger partial charge in [0.05, 0.1) is 18.4 Å². The van der Waals surface area contributed by atoms with E-state index in [9.17, 15) is 14.9 Å². The Morgan fingerprint density at radius 1 is 1.46 bits per heavy atom. The molecule has 0 aliphatic heterocycles. The van der Waals surface area contributed by atoms with Crippen molar-refractivity contribution < 1.29 is 18.7 Å². The van der Waals surface area contributed by atoms with Crippen molar-refractivity contribution in [3.8, 4) is 6.07 Å². The summed E-state index contributed by atoms with van der Waals surface area (Å²) in [6, 6.07) is 5.12. The fraction of sp³-hybridized carbons (Fsp3) is 0.235. The average molecular weight is 344 g/mol. The van der Waals surface area contributed by atoms with E-state index in [1.54, 1.807) is 26.0 Å². The van der Waals surface area contributed by atoms with Crippen LogP contribution in [0.15, 0.2) is 28.4 Å². The van der Waals surface area contributed by atoms with Gasteiger partial charge in [0.2, 0.25) is 0 Å². The Bertz CT molecular complexity index is 826. The van der Waals surface area contributed by atoms with E-state index in [2.05, 4.69) is 5.32 Å². The first-order chi connectivity index (χ1) is 11.5. The van der Waals surface area contributed by atoms with Gasteiger partial charge in [-0.05, 0) is 38.5 Å². The minimum Gasteiger partial charge on any atom is -0.465 e. The molecule has 2 heterocycles. The topological polar surface area (TPSA) is 92.3 Å². The second-order valence-electron chi connectivity index (χ2n) is 4.85. The maximum Gasteiger partial charge on any atom is 0.341 e. The van der Waals surface area contributed by atoms with Crippen LogP contribution in [-0.2, 0) is 9.53 Å². The van der Waals surface area contributed by atoms with Gasteiger partial charge >= 0.3 is 5.97 Å². The zero-order chi connectivity index (χ0) is 17.7. The number of aryl methyl sites for hydroxylation is 1. The Labute approximate surface area is 143 Å². The summed E-state index contributed by atoms with van der Waals surface area (Å²) in [5.41, 5.74) is 0.953. The summed E-state index contributed by atoms with van der Waals surface area (Å²) in [7, 11) is 0. The lowest BCUT2D eigenvalue weighted by atomic mass is 10.1. The first-order valence-electron chi connectivity index (χ1n) is 7.21. The van der Waals surface area contributed by atoms with Gasteiger partial charge in [-0.1, -0.05) is 0 Å². The quantitative estimate of drug-likeness (QED) is 0.507. The first kappa shape index (κ1) is 17.5. The van der Waals surface area contributed by atoms with Gasteiger partial charge in [0.1, 0.15) is 22.4 Å². The summed E-state index contributed by atoms with van der Waals surface area (Å²) in [5, 5.41) is 12.2. The minimum atomic E-state index is -0.610. The summed E-state index contributed by atoms with van der Waals surface area (Å²) < 4.78 is 10.1. The summed E-state index contributed by atoms with van der Waals surface area (Å²) in [6.07, 6.45) is 2.79. The molecule has 6 nitrogen and oxygen atoms in total. The van der Waals surface area contributed by atoms with Crippen molar-refractivity contribution in [3.63, 3.8) is 0 Å². The van der Waals surface area contributed by atoms with E-state index < -0.39 is 11.9 Å². The van der Waals surface area contributed by atoms with E-state index in [0.29, 0.717) is 16.3 Å². The zero-order valence-electron chi connectivity index (χ0n) is 13.5. The Morgan fingerprint density at radius 3 is 2.79 bits per heavy atom. The molecule has 24 heavy (non-hydrogen) atoms. The van der Waals surface area contributed by atoms with Crippen molar-refractivity contribution in [1.82, 2.24) is 0 Å². The predicted molar refractivity (Wildman–Crippen MR) is 90.7 cm³/mol. The maximum atomic E-state index is 12.3. The molecule has 0 saturated heterocycles. The molecule has 2 rings (SSSR count). The number of nitrogens with one attached hydrogen (secondary N) is 1. The summed E-state index contributed by atoms with van der Waals surface area (Å²) in [4.78, 5) is 25.3. The largest absolute Gasteiger partial charge is 0.465 e. The van der Waals surface area contributed by atoms with E-state index in [1.807, 2.05) is 13.0 Å². The molecule has 0 radical (unpaired) electrons. The van der Waals surface area contributed by atoms with Crippen LogP contribution in [0.3, 0.4) is 0 Å². The van der Waals surface area contributed by atoms with Crippen LogP contribution in [-0.4, -0.2) is 18.5 Å². The molecular weight excluding hydrogens is 328 g/mol. The van der Waals surface area contributed by atoms with Crippen LogP contribution in [0.25, 0.3) is 6.08 Å². The summed E-state index contributed by atoms with van der Waals surface area (Å²) in [5.74, 6) is -0.713. The summed E-state index contributed by atoms with van der Waals surface area (Å²) >= 11 is 1.27. The third kappa shape index (κ3) is 3.73. The van der Waals surface area contributed by atoms with E-state index >= 15 is 0 Å². The van der Waals surface area contributed by atoms with Gasteiger partial charge in [-0.3, -0.25) is 4.79 Å². The van der Waals surface area contributed by atoms with Crippen LogP contribution in [0, 0.1) is 25.2 Å². The van der Waals surface area contributed by atoms with E-state index in [-0.39, 0.29) is 12.2 Å². The van der Waals surface area contributed by atoms with Gasteiger partial charge in [-0.2, -0.15) is 5.26 Å². The molecule has 124 valence electrons. The lowest BCUT2D eigenvalue weighted by molar-refractivity contribution is -0.112. The molecule has 0 aliphatic rings. The van der Waals surface area contributed by atoms with Crippen molar-refractivity contribution in [3.05, 3.63) is 45.7 Å². The molecule has 2 aromatic rings. The van der Waals surface area contributed by atoms with Crippen molar-refractivity contribution in [2.75, 3.05) is 11.9 Å².